The van der Waals surface area contributed by atoms with Crippen LogP contribution in [0.25, 0.3) is 0 Å². The maximum absolute atomic E-state index is 15.3. The highest BCUT2D eigenvalue weighted by Gasteiger charge is 2.78. The van der Waals surface area contributed by atoms with E-state index in [0.717, 1.165) is 82.7 Å². The molecule has 1 aliphatic heterocycles. The van der Waals surface area contributed by atoms with Crippen LogP contribution in [0.3, 0.4) is 0 Å². The average Bonchev–Trinajstić information content (AvgIpc) is 3.52. The van der Waals surface area contributed by atoms with Gasteiger partial charge in [0.05, 0.1) is 18.6 Å². The van der Waals surface area contributed by atoms with E-state index >= 15 is 4.79 Å². The molecule has 48 heavy (non-hydrogen) atoms. The van der Waals surface area contributed by atoms with Crippen LogP contribution in [-0.2, 0) is 19.1 Å². The summed E-state index contributed by atoms with van der Waals surface area (Å²) in [4.78, 5) is 29.6. The topological polar surface area (TPSA) is 67.9 Å². The largest absolute Gasteiger partial charge is 0.463 e. The molecular formula is C42H68N2O4. The van der Waals surface area contributed by atoms with E-state index in [9.17, 15) is 4.79 Å². The van der Waals surface area contributed by atoms with Gasteiger partial charge in [-0.25, -0.2) is 0 Å². The zero-order chi connectivity index (χ0) is 34.2. The van der Waals surface area contributed by atoms with Crippen molar-refractivity contribution in [2.75, 3.05) is 32.8 Å². The van der Waals surface area contributed by atoms with Crippen molar-refractivity contribution >= 4 is 11.9 Å². The highest BCUT2D eigenvalue weighted by Crippen LogP contribution is 2.81. The van der Waals surface area contributed by atoms with E-state index < -0.39 is 0 Å². The normalized spacial score (nSPS) is 46.4. The summed E-state index contributed by atoms with van der Waals surface area (Å²) in [6, 6.07) is 0.292. The van der Waals surface area contributed by atoms with Gasteiger partial charge in [-0.1, -0.05) is 46.8 Å². The van der Waals surface area contributed by atoms with Crippen molar-refractivity contribution < 1.29 is 19.1 Å². The van der Waals surface area contributed by atoms with Crippen molar-refractivity contribution in [2.45, 2.75) is 138 Å². The van der Waals surface area contributed by atoms with Gasteiger partial charge >= 0.3 is 5.97 Å². The first-order valence-electron chi connectivity index (χ1n) is 20.2. The third-order valence-electron chi connectivity index (χ3n) is 17.4. The van der Waals surface area contributed by atoms with Crippen LogP contribution in [0.15, 0.2) is 12.2 Å². The highest BCUT2D eigenvalue weighted by atomic mass is 16.5. The minimum atomic E-state index is -0.389. The second kappa shape index (κ2) is 12.7. The molecule has 1 N–H and O–H groups in total. The summed E-state index contributed by atoms with van der Waals surface area (Å²) in [6.45, 7) is 25.9. The van der Waals surface area contributed by atoms with Gasteiger partial charge in [-0.3, -0.25) is 14.5 Å². The number of esters is 1. The van der Waals surface area contributed by atoms with Crippen molar-refractivity contribution in [1.29, 1.82) is 0 Å². The first kappa shape index (κ1) is 35.0. The molecule has 270 valence electrons. The van der Waals surface area contributed by atoms with E-state index in [1.54, 1.807) is 6.92 Å². The van der Waals surface area contributed by atoms with Crippen molar-refractivity contribution in [3.8, 4) is 0 Å². The maximum Gasteiger partial charge on any atom is 0.302 e. The number of nitrogens with zero attached hydrogens (tertiary/aromatic N) is 1. The van der Waals surface area contributed by atoms with E-state index in [0.29, 0.717) is 41.5 Å². The van der Waals surface area contributed by atoms with E-state index in [1.165, 1.54) is 50.5 Å². The zero-order valence-corrected chi connectivity index (χ0v) is 31.6. The molecular weight excluding hydrogens is 596 g/mol. The van der Waals surface area contributed by atoms with Crippen molar-refractivity contribution in [2.24, 2.45) is 69.0 Å². The number of hydrogen-bond donors (Lipinski definition) is 1. The van der Waals surface area contributed by atoms with Crippen LogP contribution in [0.2, 0.25) is 0 Å². The zero-order valence-electron chi connectivity index (χ0n) is 31.6. The van der Waals surface area contributed by atoms with E-state index in [4.69, 9.17) is 16.1 Å². The molecule has 6 saturated carbocycles. The summed E-state index contributed by atoms with van der Waals surface area (Å²) in [5.74, 6) is 5.57. The fourth-order valence-electron chi connectivity index (χ4n) is 14.4. The smallest absolute Gasteiger partial charge is 0.302 e. The fraction of sp³-hybridized carbons (Fsp3) is 0.905. The first-order chi connectivity index (χ1) is 22.7. The summed E-state index contributed by atoms with van der Waals surface area (Å²) in [6.07, 6.45) is 14.2. The molecule has 12 atom stereocenters. The Labute approximate surface area is 292 Å². The predicted octanol–water partition coefficient (Wildman–Crippen LogP) is 8.05. The molecule has 7 rings (SSSR count). The summed E-state index contributed by atoms with van der Waals surface area (Å²) >= 11 is 0. The lowest BCUT2D eigenvalue weighted by Crippen LogP contribution is -2.61. The number of amides is 1. The molecule has 0 aromatic heterocycles. The van der Waals surface area contributed by atoms with E-state index in [-0.39, 0.29) is 33.7 Å². The standard InChI is InChI=1S/C42H68N2O4/c1-26(2)41(8)37-36-16-15-33-32-14-12-31(48-27(3)45)24-29(32)10-13-34(33)35(36)17-18-42(37,40(6,7)39(41,4)5)38(46)43-30-11-9-28(23-30)25-44-19-21-47-22-20-44/h28-37H,1,9-25H2,2-8H3,(H,43,46)/t28-,29?,30+,31?,32?,33?,34?,35?,36?,37?,41?,42?/m0/s1. The monoisotopic (exact) mass is 665 g/mol. The Morgan fingerprint density at radius 3 is 2.15 bits per heavy atom. The van der Waals surface area contributed by atoms with Gasteiger partial charge in [0.15, 0.2) is 0 Å². The Balaban J connectivity index is 1.14. The summed E-state index contributed by atoms with van der Waals surface area (Å²) < 4.78 is 11.3. The Kier molecular flexibility index (Phi) is 9.25. The molecule has 6 heteroatoms. The molecule has 7 fully saturated rings. The molecule has 0 bridgehead atoms. The third-order valence-corrected chi connectivity index (χ3v) is 17.4. The van der Waals surface area contributed by atoms with Crippen LogP contribution in [-0.4, -0.2) is 61.8 Å². The van der Waals surface area contributed by atoms with Crippen LogP contribution in [0.1, 0.15) is 126 Å². The number of carbonyl (C=O) groups excluding carboxylic acids is 2. The van der Waals surface area contributed by atoms with Gasteiger partial charge in [-0.15, -0.1) is 0 Å². The summed E-state index contributed by atoms with van der Waals surface area (Å²) in [7, 11) is 0. The molecule has 0 aromatic rings. The average molecular weight is 665 g/mol. The maximum atomic E-state index is 15.3. The summed E-state index contributed by atoms with van der Waals surface area (Å²) in [5.41, 5.74) is 0.545. The number of morpholine rings is 1. The van der Waals surface area contributed by atoms with Gasteiger partial charge in [0.2, 0.25) is 5.91 Å². The van der Waals surface area contributed by atoms with Gasteiger partial charge in [0, 0.05) is 32.6 Å². The van der Waals surface area contributed by atoms with Crippen molar-refractivity contribution in [3.63, 3.8) is 0 Å². The quantitative estimate of drug-likeness (QED) is 0.230. The molecule has 6 aliphatic carbocycles. The lowest BCUT2D eigenvalue weighted by molar-refractivity contribution is -0.163. The Morgan fingerprint density at radius 2 is 1.44 bits per heavy atom. The Bertz CT molecular complexity index is 1250. The SMILES string of the molecule is C=C(C)C1(C)C2C3CCC4C5CCC(OC(C)=O)CC5CCC4C3CCC2(C(=O)N[C@@H]2CC[C@H](CN3CCOCC3)C2)C(C)(C)C1(C)C. The van der Waals surface area contributed by atoms with Crippen molar-refractivity contribution in [3.05, 3.63) is 12.2 Å². The van der Waals surface area contributed by atoms with Crippen LogP contribution in [0, 0.1) is 69.0 Å². The molecule has 1 saturated heterocycles. The lowest BCUT2D eigenvalue weighted by atomic mass is 9.43. The number of nitrogens with one attached hydrogen (secondary N) is 1. The third kappa shape index (κ3) is 5.21. The minimum absolute atomic E-state index is 0.0686. The van der Waals surface area contributed by atoms with Crippen LogP contribution >= 0.6 is 0 Å². The van der Waals surface area contributed by atoms with Gasteiger partial charge in [0.1, 0.15) is 6.10 Å². The molecule has 1 amide bonds. The molecule has 6 nitrogen and oxygen atoms in total. The van der Waals surface area contributed by atoms with Gasteiger partial charge in [0.25, 0.3) is 0 Å². The van der Waals surface area contributed by atoms with Gasteiger partial charge in [-0.05, 0) is 148 Å². The number of fused-ring (bicyclic) bond motifs is 7. The Morgan fingerprint density at radius 1 is 0.792 bits per heavy atom. The molecule has 0 aromatic carbocycles. The molecule has 1 heterocycles. The van der Waals surface area contributed by atoms with Gasteiger partial charge in [-0.2, -0.15) is 0 Å². The van der Waals surface area contributed by atoms with Crippen LogP contribution in [0.5, 0.6) is 0 Å². The lowest BCUT2D eigenvalue weighted by Gasteiger charge is -2.61. The number of hydrogen-bond acceptors (Lipinski definition) is 5. The number of carbonyl (C=O) groups is 2. The molecule has 0 radical (unpaired) electrons. The number of rotatable bonds is 6. The second-order valence-electron chi connectivity index (χ2n) is 19.3. The minimum Gasteiger partial charge on any atom is -0.463 e. The first-order valence-corrected chi connectivity index (χ1v) is 20.2. The number of allylic oxidation sites excluding steroid dienone is 1. The molecule has 0 spiro atoms. The number of ether oxygens (including phenoxy) is 2. The van der Waals surface area contributed by atoms with Crippen LogP contribution in [0.4, 0.5) is 0 Å². The predicted molar refractivity (Wildman–Crippen MR) is 191 cm³/mol. The highest BCUT2D eigenvalue weighted by molar-refractivity contribution is 5.86. The van der Waals surface area contributed by atoms with E-state index in [1.807, 2.05) is 0 Å². The second-order valence-corrected chi connectivity index (χ2v) is 19.3. The fourth-order valence-corrected chi connectivity index (χ4v) is 14.4. The van der Waals surface area contributed by atoms with Crippen LogP contribution < -0.4 is 5.32 Å². The van der Waals surface area contributed by atoms with Crippen molar-refractivity contribution in [1.82, 2.24) is 10.2 Å². The Hall–Kier alpha value is -1.40. The summed E-state index contributed by atoms with van der Waals surface area (Å²) in [5, 5.41) is 3.81. The van der Waals surface area contributed by atoms with Gasteiger partial charge < -0.3 is 14.8 Å². The molecule has 10 unspecified atom stereocenters. The van der Waals surface area contributed by atoms with E-state index in [2.05, 4.69) is 51.8 Å². The molecule has 7 aliphatic rings.